The van der Waals surface area contributed by atoms with Gasteiger partial charge < -0.3 is 20.1 Å². The fourth-order valence-corrected chi connectivity index (χ4v) is 5.06. The largest absolute Gasteiger partial charge is 0.493 e. The molecule has 1 unspecified atom stereocenters. The molecule has 0 aliphatic heterocycles. The molecule has 2 amide bonds. The Bertz CT molecular complexity index is 1320. The Balaban J connectivity index is 2.20. The van der Waals surface area contributed by atoms with E-state index in [-0.39, 0.29) is 11.8 Å². The summed E-state index contributed by atoms with van der Waals surface area (Å²) in [5.74, 6) is 0.227. The quantitative estimate of drug-likeness (QED) is 0.0541. The van der Waals surface area contributed by atoms with Crippen molar-refractivity contribution >= 4 is 17.8 Å². The van der Waals surface area contributed by atoms with Crippen LogP contribution in [0.25, 0.3) is 0 Å². The fourth-order valence-electron chi connectivity index (χ4n) is 5.06. The van der Waals surface area contributed by atoms with Gasteiger partial charge in [-0.1, -0.05) is 106 Å². The smallest absolute Gasteiger partial charge is 0.328 e. The highest BCUT2D eigenvalue weighted by Gasteiger charge is 2.31. The number of hydrogen-bond donors (Lipinski definition) is 2. The number of hydrogen-bond acceptors (Lipinski definition) is 5. The van der Waals surface area contributed by atoms with Gasteiger partial charge in [-0.05, 0) is 108 Å². The molecule has 1 aromatic rings. The summed E-state index contributed by atoms with van der Waals surface area (Å²) in [5, 5.41) is 5.85. The van der Waals surface area contributed by atoms with E-state index in [9.17, 15) is 14.4 Å². The molecular weight excluding hydrogens is 636 g/mol. The van der Waals surface area contributed by atoms with E-state index in [1.165, 1.54) is 7.11 Å². The standard InChI is InChI=1S/C44H66N2O5/c1-7-8-9-10-11-12-13-14-15-16-17-18-19-20-21-22-23-24-25-30-41(47)45-34-27-26-29-39(42(48)50-6)46-43(49)44(4,5)33-28-35-51-40-36-37(2)31-32-38(40)3/h8-9,11-12,14-15,17-18,20-21,23-24,31-32,36,39H,7,10,13,16,19,22,25-30,33-35H2,1-6H3,(H,45,47)(H,46,49). The van der Waals surface area contributed by atoms with Gasteiger partial charge in [0.05, 0.1) is 13.7 Å². The van der Waals surface area contributed by atoms with Crippen molar-refractivity contribution < 1.29 is 23.9 Å². The number of unbranched alkanes of at least 4 members (excludes halogenated alkanes) is 1. The third-order valence-corrected chi connectivity index (χ3v) is 8.33. The molecule has 0 heterocycles. The van der Waals surface area contributed by atoms with E-state index < -0.39 is 17.4 Å². The third kappa shape index (κ3) is 23.1. The number of aryl methyl sites for hydroxylation is 2. The van der Waals surface area contributed by atoms with Crippen molar-refractivity contribution in [2.24, 2.45) is 5.41 Å². The molecule has 282 valence electrons. The van der Waals surface area contributed by atoms with Gasteiger partial charge in [-0.25, -0.2) is 4.79 Å². The Morgan fingerprint density at radius 2 is 1.35 bits per heavy atom. The SMILES string of the molecule is CCC=CCC=CCC=CCC=CCC=CCC=CCCC(=O)NCCCCC(NC(=O)C(C)(C)CCCOc1cc(C)ccc1C)C(=O)OC. The summed E-state index contributed by atoms with van der Waals surface area (Å²) in [6.07, 6.45) is 36.1. The average Bonchev–Trinajstić information content (AvgIpc) is 3.11. The zero-order valence-corrected chi connectivity index (χ0v) is 32.4. The van der Waals surface area contributed by atoms with Crippen molar-refractivity contribution in [1.82, 2.24) is 10.6 Å². The van der Waals surface area contributed by atoms with Crippen LogP contribution in [0.2, 0.25) is 0 Å². The number of methoxy groups -OCH3 is 1. The normalized spacial score (nSPS) is 13.0. The summed E-state index contributed by atoms with van der Waals surface area (Å²) in [6.45, 7) is 11.0. The summed E-state index contributed by atoms with van der Waals surface area (Å²) < 4.78 is 10.9. The Morgan fingerprint density at radius 3 is 1.92 bits per heavy atom. The number of allylic oxidation sites excluding steroid dienone is 12. The minimum absolute atomic E-state index is 0.00985. The van der Waals surface area contributed by atoms with Crippen molar-refractivity contribution in [2.75, 3.05) is 20.3 Å². The van der Waals surface area contributed by atoms with Crippen LogP contribution >= 0.6 is 0 Å². The maximum Gasteiger partial charge on any atom is 0.328 e. The van der Waals surface area contributed by atoms with E-state index >= 15 is 0 Å². The summed E-state index contributed by atoms with van der Waals surface area (Å²) in [5.41, 5.74) is 1.55. The molecule has 0 fully saturated rings. The van der Waals surface area contributed by atoms with Crippen LogP contribution in [0, 0.1) is 19.3 Å². The summed E-state index contributed by atoms with van der Waals surface area (Å²) in [6, 6.07) is 5.39. The second-order valence-electron chi connectivity index (χ2n) is 13.5. The van der Waals surface area contributed by atoms with Crippen LogP contribution in [-0.2, 0) is 19.1 Å². The third-order valence-electron chi connectivity index (χ3n) is 8.33. The van der Waals surface area contributed by atoms with Gasteiger partial charge in [-0.15, -0.1) is 0 Å². The molecule has 0 bridgehead atoms. The predicted octanol–water partition coefficient (Wildman–Crippen LogP) is 9.91. The first-order valence-corrected chi connectivity index (χ1v) is 18.9. The van der Waals surface area contributed by atoms with Crippen molar-refractivity contribution in [3.8, 4) is 5.75 Å². The fraction of sp³-hybridized carbons (Fsp3) is 0.523. The van der Waals surface area contributed by atoms with Gasteiger partial charge in [0.1, 0.15) is 11.8 Å². The number of carbonyl (C=O) groups is 3. The minimum Gasteiger partial charge on any atom is -0.493 e. The first-order valence-electron chi connectivity index (χ1n) is 18.9. The topological polar surface area (TPSA) is 93.7 Å². The molecule has 7 nitrogen and oxygen atoms in total. The summed E-state index contributed by atoms with van der Waals surface area (Å²) >= 11 is 0. The second-order valence-corrected chi connectivity index (χ2v) is 13.5. The Kier molecular flexibility index (Phi) is 25.1. The highest BCUT2D eigenvalue weighted by atomic mass is 16.5. The number of nitrogens with one attached hydrogen (secondary N) is 2. The lowest BCUT2D eigenvalue weighted by atomic mass is 9.86. The van der Waals surface area contributed by atoms with Crippen molar-refractivity contribution in [3.63, 3.8) is 0 Å². The molecule has 0 radical (unpaired) electrons. The molecule has 0 saturated carbocycles. The molecular formula is C44H66N2O5. The zero-order chi connectivity index (χ0) is 37.6. The van der Waals surface area contributed by atoms with Crippen LogP contribution in [0.1, 0.15) is 115 Å². The van der Waals surface area contributed by atoms with Gasteiger partial charge in [-0.3, -0.25) is 9.59 Å². The molecule has 0 saturated heterocycles. The lowest BCUT2D eigenvalue weighted by molar-refractivity contribution is -0.146. The Morgan fingerprint density at radius 1 is 0.784 bits per heavy atom. The lowest BCUT2D eigenvalue weighted by Crippen LogP contribution is -2.47. The molecule has 7 heteroatoms. The maximum atomic E-state index is 13.1. The number of rotatable bonds is 27. The molecule has 0 aliphatic carbocycles. The van der Waals surface area contributed by atoms with Crippen molar-refractivity contribution in [2.45, 2.75) is 124 Å². The number of amides is 2. The van der Waals surface area contributed by atoms with Gasteiger partial charge in [0.15, 0.2) is 0 Å². The maximum absolute atomic E-state index is 13.1. The number of carbonyl (C=O) groups excluding carboxylic acids is 3. The highest BCUT2D eigenvalue weighted by Crippen LogP contribution is 2.25. The number of benzene rings is 1. The lowest BCUT2D eigenvalue weighted by Gasteiger charge is -2.26. The van der Waals surface area contributed by atoms with Crippen LogP contribution in [0.3, 0.4) is 0 Å². The van der Waals surface area contributed by atoms with Gasteiger partial charge in [0.25, 0.3) is 0 Å². The average molecular weight is 703 g/mol. The zero-order valence-electron chi connectivity index (χ0n) is 32.4. The summed E-state index contributed by atoms with van der Waals surface area (Å²) in [4.78, 5) is 37.8. The van der Waals surface area contributed by atoms with Crippen LogP contribution in [0.4, 0.5) is 0 Å². The van der Waals surface area contributed by atoms with Crippen molar-refractivity contribution in [1.29, 1.82) is 0 Å². The molecule has 1 atom stereocenters. The van der Waals surface area contributed by atoms with Gasteiger partial charge in [-0.2, -0.15) is 0 Å². The molecule has 1 rings (SSSR count). The number of ether oxygens (including phenoxy) is 2. The molecule has 51 heavy (non-hydrogen) atoms. The van der Waals surface area contributed by atoms with E-state index in [1.54, 1.807) is 0 Å². The van der Waals surface area contributed by atoms with Crippen LogP contribution < -0.4 is 15.4 Å². The number of esters is 1. The van der Waals surface area contributed by atoms with E-state index in [1.807, 2.05) is 45.9 Å². The first kappa shape index (κ1) is 44.9. The first-order chi connectivity index (χ1) is 24.6. The summed E-state index contributed by atoms with van der Waals surface area (Å²) in [7, 11) is 1.33. The monoisotopic (exact) mass is 702 g/mol. The molecule has 0 aromatic heterocycles. The molecule has 2 N–H and O–H groups in total. The van der Waals surface area contributed by atoms with E-state index in [0.29, 0.717) is 58.1 Å². The Labute approximate surface area is 309 Å². The molecule has 0 aliphatic rings. The van der Waals surface area contributed by atoms with Crippen LogP contribution in [-0.4, -0.2) is 44.1 Å². The van der Waals surface area contributed by atoms with E-state index in [2.05, 4.69) is 90.5 Å². The van der Waals surface area contributed by atoms with Crippen LogP contribution in [0.5, 0.6) is 5.75 Å². The molecule has 0 spiro atoms. The van der Waals surface area contributed by atoms with Crippen molar-refractivity contribution in [3.05, 3.63) is 102 Å². The Hall–Kier alpha value is -4.13. The predicted molar refractivity (Wildman–Crippen MR) is 213 cm³/mol. The second kappa shape index (κ2) is 28.6. The van der Waals surface area contributed by atoms with Gasteiger partial charge in [0.2, 0.25) is 11.8 Å². The van der Waals surface area contributed by atoms with Crippen LogP contribution in [0.15, 0.2) is 91.1 Å². The van der Waals surface area contributed by atoms with Gasteiger partial charge >= 0.3 is 5.97 Å². The van der Waals surface area contributed by atoms with E-state index in [0.717, 1.165) is 55.4 Å². The highest BCUT2D eigenvalue weighted by molar-refractivity contribution is 5.87. The van der Waals surface area contributed by atoms with Gasteiger partial charge in [0, 0.05) is 18.4 Å². The molecule has 1 aromatic carbocycles. The van der Waals surface area contributed by atoms with E-state index in [4.69, 9.17) is 9.47 Å². The minimum atomic E-state index is -0.725.